The Morgan fingerprint density at radius 1 is 1.17 bits per heavy atom. The highest BCUT2D eigenvalue weighted by atomic mass is 16.5. The van der Waals surface area contributed by atoms with Gasteiger partial charge < -0.3 is 20.3 Å². The summed E-state index contributed by atoms with van der Waals surface area (Å²) in [5.41, 5.74) is 2.30. The van der Waals surface area contributed by atoms with Crippen LogP contribution in [0.2, 0.25) is 0 Å². The maximum Gasteiger partial charge on any atom is 0.263 e. The molecule has 1 atom stereocenters. The van der Waals surface area contributed by atoms with Gasteiger partial charge in [-0.1, -0.05) is 6.07 Å². The van der Waals surface area contributed by atoms with Crippen LogP contribution in [0.5, 0.6) is 0 Å². The van der Waals surface area contributed by atoms with Gasteiger partial charge in [-0.25, -0.2) is 0 Å². The highest BCUT2D eigenvalue weighted by Crippen LogP contribution is 2.40. The fourth-order valence-electron chi connectivity index (χ4n) is 4.11. The molecule has 3 N–H and O–H groups in total. The Kier molecular flexibility index (Phi) is 5.20. The van der Waals surface area contributed by atoms with Crippen molar-refractivity contribution in [2.24, 2.45) is 0 Å². The van der Waals surface area contributed by atoms with Gasteiger partial charge in [0.1, 0.15) is 11.4 Å². The Bertz CT molecular complexity index is 896. The second kappa shape index (κ2) is 8.12. The van der Waals surface area contributed by atoms with Gasteiger partial charge in [0.15, 0.2) is 0 Å². The van der Waals surface area contributed by atoms with Crippen molar-refractivity contribution in [3.05, 3.63) is 34.2 Å². The topological polar surface area (TPSA) is 95.2 Å². The minimum atomic E-state index is -0.153. The number of morpholine rings is 1. The first-order chi connectivity index (χ1) is 14.3. The molecule has 8 heteroatoms. The molecule has 8 nitrogen and oxygen atoms in total. The lowest BCUT2D eigenvalue weighted by Crippen LogP contribution is -2.40. The summed E-state index contributed by atoms with van der Waals surface area (Å²) in [5, 5.41) is 6.94. The smallest absolute Gasteiger partial charge is 0.263 e. The van der Waals surface area contributed by atoms with Crippen LogP contribution < -0.4 is 21.1 Å². The second-order valence-electron chi connectivity index (χ2n) is 8.15. The molecule has 0 bridgehead atoms. The molecule has 0 spiro atoms. The molecule has 2 aromatic heterocycles. The Balaban J connectivity index is 1.51. The SMILES string of the molecule is O=c1[nH]c(N2CCOCC2)nc(N[C@@H]2CCCNC2)c1-c1ccc(C2CC2)cn1. The Labute approximate surface area is 170 Å². The van der Waals surface area contributed by atoms with Gasteiger partial charge in [-0.3, -0.25) is 14.8 Å². The monoisotopic (exact) mass is 396 g/mol. The van der Waals surface area contributed by atoms with Crippen molar-refractivity contribution in [1.29, 1.82) is 0 Å². The van der Waals surface area contributed by atoms with Crippen LogP contribution in [0.1, 0.15) is 37.2 Å². The number of nitrogens with one attached hydrogen (secondary N) is 3. The first-order valence-electron chi connectivity index (χ1n) is 10.7. The number of piperidine rings is 1. The Hall–Kier alpha value is -2.45. The van der Waals surface area contributed by atoms with Gasteiger partial charge in [0.25, 0.3) is 5.56 Å². The average molecular weight is 396 g/mol. The maximum atomic E-state index is 13.1. The van der Waals surface area contributed by atoms with Gasteiger partial charge >= 0.3 is 0 Å². The Morgan fingerprint density at radius 3 is 2.72 bits per heavy atom. The first-order valence-corrected chi connectivity index (χ1v) is 10.7. The molecule has 3 aliphatic rings. The molecular formula is C21H28N6O2. The van der Waals surface area contributed by atoms with Crippen LogP contribution in [0.3, 0.4) is 0 Å². The van der Waals surface area contributed by atoms with E-state index in [1.807, 2.05) is 12.3 Å². The number of ether oxygens (including phenoxy) is 1. The summed E-state index contributed by atoms with van der Waals surface area (Å²) >= 11 is 0. The number of rotatable bonds is 5. The van der Waals surface area contributed by atoms with Crippen LogP contribution in [0.25, 0.3) is 11.3 Å². The van der Waals surface area contributed by atoms with E-state index < -0.39 is 0 Å². The zero-order valence-corrected chi connectivity index (χ0v) is 16.6. The number of hydrogen-bond donors (Lipinski definition) is 3. The molecule has 0 aromatic carbocycles. The second-order valence-corrected chi connectivity index (χ2v) is 8.15. The van der Waals surface area contributed by atoms with Gasteiger partial charge in [0.05, 0.1) is 18.9 Å². The molecule has 4 heterocycles. The third-order valence-electron chi connectivity index (χ3n) is 5.95. The van der Waals surface area contributed by atoms with Crippen molar-refractivity contribution in [3.63, 3.8) is 0 Å². The number of pyridine rings is 1. The normalized spacial score (nSPS) is 22.5. The van der Waals surface area contributed by atoms with Gasteiger partial charge in [-0.05, 0) is 49.8 Å². The van der Waals surface area contributed by atoms with E-state index >= 15 is 0 Å². The van der Waals surface area contributed by atoms with Gasteiger partial charge in [0, 0.05) is 31.9 Å². The summed E-state index contributed by atoms with van der Waals surface area (Å²) in [4.78, 5) is 27.6. The van der Waals surface area contributed by atoms with Crippen LogP contribution in [-0.2, 0) is 4.74 Å². The number of H-pyrrole nitrogens is 1. The van der Waals surface area contributed by atoms with E-state index in [1.165, 1.54) is 18.4 Å². The summed E-state index contributed by atoms with van der Waals surface area (Å²) in [6, 6.07) is 4.31. The van der Waals surface area contributed by atoms with E-state index in [-0.39, 0.29) is 11.6 Å². The Morgan fingerprint density at radius 2 is 2.03 bits per heavy atom. The lowest BCUT2D eigenvalue weighted by molar-refractivity contribution is 0.122. The van der Waals surface area contributed by atoms with Crippen molar-refractivity contribution in [2.75, 3.05) is 49.6 Å². The van der Waals surface area contributed by atoms with Crippen LogP contribution in [0, 0.1) is 0 Å². The summed E-state index contributed by atoms with van der Waals surface area (Å²) in [6.45, 7) is 4.64. The largest absolute Gasteiger partial charge is 0.378 e. The molecule has 0 amide bonds. The number of anilines is 2. The lowest BCUT2D eigenvalue weighted by atomic mass is 10.1. The minimum Gasteiger partial charge on any atom is -0.378 e. The third kappa shape index (κ3) is 4.13. The van der Waals surface area contributed by atoms with E-state index in [0.29, 0.717) is 42.2 Å². The molecule has 1 saturated carbocycles. The summed E-state index contributed by atoms with van der Waals surface area (Å²) in [5.74, 6) is 1.86. The zero-order chi connectivity index (χ0) is 19.6. The van der Waals surface area contributed by atoms with E-state index in [1.54, 1.807) is 0 Å². The minimum absolute atomic E-state index is 0.153. The summed E-state index contributed by atoms with van der Waals surface area (Å²) in [6.07, 6.45) is 6.55. The molecule has 2 aliphatic heterocycles. The third-order valence-corrected chi connectivity index (χ3v) is 5.95. The summed E-state index contributed by atoms with van der Waals surface area (Å²) < 4.78 is 5.44. The van der Waals surface area contributed by atoms with E-state index in [4.69, 9.17) is 9.72 Å². The molecule has 3 fully saturated rings. The number of aromatic amines is 1. The predicted octanol–water partition coefficient (Wildman–Crippen LogP) is 1.71. The molecule has 0 unspecified atom stereocenters. The highest BCUT2D eigenvalue weighted by molar-refractivity contribution is 5.73. The first kappa shape index (κ1) is 18.6. The fourth-order valence-corrected chi connectivity index (χ4v) is 4.11. The number of nitrogens with zero attached hydrogens (tertiary/aromatic N) is 3. The molecule has 1 aliphatic carbocycles. The molecule has 5 rings (SSSR count). The number of aromatic nitrogens is 3. The predicted molar refractivity (Wildman–Crippen MR) is 113 cm³/mol. The van der Waals surface area contributed by atoms with Crippen molar-refractivity contribution in [2.45, 2.75) is 37.6 Å². The van der Waals surface area contributed by atoms with E-state index in [9.17, 15) is 4.79 Å². The van der Waals surface area contributed by atoms with E-state index in [0.717, 1.165) is 39.0 Å². The van der Waals surface area contributed by atoms with Crippen molar-refractivity contribution < 1.29 is 4.74 Å². The lowest BCUT2D eigenvalue weighted by Gasteiger charge is -2.29. The van der Waals surface area contributed by atoms with Gasteiger partial charge in [-0.15, -0.1) is 0 Å². The maximum absolute atomic E-state index is 13.1. The van der Waals surface area contributed by atoms with E-state index in [2.05, 4.69) is 31.6 Å². The van der Waals surface area contributed by atoms with Crippen LogP contribution in [0.4, 0.5) is 11.8 Å². The van der Waals surface area contributed by atoms with Crippen LogP contribution in [-0.4, -0.2) is 60.4 Å². The molecule has 2 aromatic rings. The molecule has 154 valence electrons. The van der Waals surface area contributed by atoms with Crippen molar-refractivity contribution in [3.8, 4) is 11.3 Å². The van der Waals surface area contributed by atoms with Crippen LogP contribution in [0.15, 0.2) is 23.1 Å². The van der Waals surface area contributed by atoms with Crippen LogP contribution >= 0.6 is 0 Å². The summed E-state index contributed by atoms with van der Waals surface area (Å²) in [7, 11) is 0. The standard InChI is InChI=1S/C21H28N6O2/c28-20-18(17-6-5-15(12-23-17)14-3-4-14)19(24-16-2-1-7-22-13-16)25-21(26-20)27-8-10-29-11-9-27/h5-6,12,14,16,22H,1-4,7-11,13H2,(H2,24,25,26,28)/t16-/m1/s1. The number of hydrogen-bond acceptors (Lipinski definition) is 7. The highest BCUT2D eigenvalue weighted by Gasteiger charge is 2.25. The van der Waals surface area contributed by atoms with Crippen molar-refractivity contribution in [1.82, 2.24) is 20.3 Å². The quantitative estimate of drug-likeness (QED) is 0.708. The van der Waals surface area contributed by atoms with Crippen molar-refractivity contribution >= 4 is 11.8 Å². The zero-order valence-electron chi connectivity index (χ0n) is 16.6. The van der Waals surface area contributed by atoms with Gasteiger partial charge in [0.2, 0.25) is 5.95 Å². The average Bonchev–Trinajstić information content (AvgIpc) is 3.61. The molecule has 29 heavy (non-hydrogen) atoms. The fraction of sp³-hybridized carbons (Fsp3) is 0.571. The molecule has 2 saturated heterocycles. The molecular weight excluding hydrogens is 368 g/mol. The van der Waals surface area contributed by atoms with Gasteiger partial charge in [-0.2, -0.15) is 4.98 Å². The molecule has 0 radical (unpaired) electrons.